The number of rotatable bonds is 12. The molecule has 0 bridgehead atoms. The predicted molar refractivity (Wildman–Crippen MR) is 253 cm³/mol. The van der Waals surface area contributed by atoms with Crippen LogP contribution in [-0.2, 0) is 45.5 Å². The number of nitrogens with one attached hydrogen (secondary N) is 1. The number of esters is 1. The first-order valence-electron chi connectivity index (χ1n) is 23.6. The van der Waals surface area contributed by atoms with E-state index >= 15 is 0 Å². The van der Waals surface area contributed by atoms with Crippen molar-refractivity contribution in [1.82, 2.24) is 44.6 Å². The molecule has 3 aliphatic heterocycles. The molecule has 6 heterocycles. The lowest BCUT2D eigenvalue weighted by Gasteiger charge is -2.46. The van der Waals surface area contributed by atoms with Crippen molar-refractivity contribution < 1.29 is 43.2 Å². The quantitative estimate of drug-likeness (QED) is 0.103. The summed E-state index contributed by atoms with van der Waals surface area (Å²) < 4.78 is 35.9. The number of cyclic esters (lactones) is 1. The number of ether oxygens (including phenoxy) is 5. The molecule has 0 saturated carbocycles. The zero-order valence-electron chi connectivity index (χ0n) is 40.7. The van der Waals surface area contributed by atoms with E-state index in [0.717, 1.165) is 15.2 Å². The van der Waals surface area contributed by atoms with Gasteiger partial charge in [0.05, 0.1) is 34.2 Å². The third kappa shape index (κ3) is 10.2. The molecule has 4 N–H and O–H groups in total. The van der Waals surface area contributed by atoms with E-state index in [1.165, 1.54) is 23.8 Å². The van der Waals surface area contributed by atoms with Gasteiger partial charge in [0.15, 0.2) is 18.2 Å². The minimum absolute atomic E-state index is 0.0500. The van der Waals surface area contributed by atoms with Crippen molar-refractivity contribution in [2.45, 2.75) is 147 Å². The molecule has 20 nitrogen and oxygen atoms in total. The molecule has 68 heavy (non-hydrogen) atoms. The van der Waals surface area contributed by atoms with Crippen LogP contribution >= 0.6 is 11.3 Å². The van der Waals surface area contributed by atoms with E-state index in [-0.39, 0.29) is 36.8 Å². The maximum absolute atomic E-state index is 14.7. The van der Waals surface area contributed by atoms with Crippen LogP contribution in [0, 0.1) is 17.8 Å². The van der Waals surface area contributed by atoms with E-state index < -0.39 is 83.4 Å². The number of aromatic nitrogens is 6. The van der Waals surface area contributed by atoms with Crippen LogP contribution in [0.1, 0.15) is 80.6 Å². The molecule has 2 unspecified atom stereocenters. The fourth-order valence-electron chi connectivity index (χ4n) is 10.3. The highest BCUT2D eigenvalue weighted by atomic mass is 32.1. The molecule has 1 aromatic carbocycles. The third-order valence-electron chi connectivity index (χ3n) is 13.9. The summed E-state index contributed by atoms with van der Waals surface area (Å²) in [5, 5.41) is 24.7. The average Bonchev–Trinajstić information content (AvgIpc) is 4.04. The molecular weight excluding hydrogens is 897 g/mol. The van der Waals surface area contributed by atoms with Crippen molar-refractivity contribution in [3.05, 3.63) is 53.2 Å². The zero-order valence-corrected chi connectivity index (χ0v) is 41.6. The van der Waals surface area contributed by atoms with Crippen LogP contribution in [-0.4, -0.2) is 151 Å². The number of ketones is 1. The Hall–Kier alpha value is -4.90. The number of aryl methyl sites for hydroxylation is 1. The van der Waals surface area contributed by atoms with E-state index in [1.807, 2.05) is 77.2 Å². The van der Waals surface area contributed by atoms with Gasteiger partial charge in [-0.15, -0.1) is 16.4 Å². The summed E-state index contributed by atoms with van der Waals surface area (Å²) >= 11 is 1.54. The molecular formula is C47H68N10O10S. The fraction of sp³-hybridized carbons (Fsp3) is 0.660. The van der Waals surface area contributed by atoms with Gasteiger partial charge in [0.1, 0.15) is 34.6 Å². The van der Waals surface area contributed by atoms with Crippen molar-refractivity contribution in [3.8, 4) is 10.7 Å². The molecule has 3 fully saturated rings. The minimum atomic E-state index is -1.97. The van der Waals surface area contributed by atoms with E-state index in [4.69, 9.17) is 34.4 Å². The van der Waals surface area contributed by atoms with Crippen molar-refractivity contribution in [1.29, 1.82) is 0 Å². The Balaban J connectivity index is 1.20. The number of benzene rings is 1. The van der Waals surface area contributed by atoms with Crippen LogP contribution in [0.4, 0.5) is 10.6 Å². The lowest BCUT2D eigenvalue weighted by molar-refractivity contribution is -0.295. The summed E-state index contributed by atoms with van der Waals surface area (Å²) in [6.07, 6.45) is -0.0900. The Kier molecular flexibility index (Phi) is 15.7. The molecule has 3 aromatic heterocycles. The highest BCUT2D eigenvalue weighted by molar-refractivity contribution is 7.21. The Bertz CT molecular complexity index is 2430. The first-order chi connectivity index (χ1) is 32.3. The van der Waals surface area contributed by atoms with Gasteiger partial charge in [0.2, 0.25) is 0 Å². The molecule has 0 radical (unpaired) electrons. The average molecular weight is 965 g/mol. The first kappa shape index (κ1) is 51.0. The zero-order chi connectivity index (χ0) is 49.2. The number of methoxy groups -OCH3 is 1. The van der Waals surface area contributed by atoms with Crippen LogP contribution in [0.25, 0.3) is 20.9 Å². The first-order valence-corrected chi connectivity index (χ1v) is 24.4. The van der Waals surface area contributed by atoms with Crippen molar-refractivity contribution in [2.75, 3.05) is 40.0 Å². The molecule has 13 atom stereocenters. The number of aliphatic hydroxyl groups excluding tert-OH is 1. The van der Waals surface area contributed by atoms with Crippen LogP contribution in [0.2, 0.25) is 0 Å². The number of thiazole rings is 1. The Morgan fingerprint density at radius 2 is 1.78 bits per heavy atom. The molecule has 372 valence electrons. The number of nitrogens with two attached hydrogens (primary N) is 1. The predicted octanol–water partition coefficient (Wildman–Crippen LogP) is 4.05. The van der Waals surface area contributed by atoms with Crippen LogP contribution < -0.4 is 16.7 Å². The third-order valence-corrected chi connectivity index (χ3v) is 15.0. The maximum Gasteiger partial charge on any atom is 0.412 e. The summed E-state index contributed by atoms with van der Waals surface area (Å²) in [5.41, 5.74) is 3.62. The van der Waals surface area contributed by atoms with Crippen LogP contribution in [0.3, 0.4) is 0 Å². The topological polar surface area (TPSA) is 241 Å². The van der Waals surface area contributed by atoms with E-state index in [9.17, 15) is 24.3 Å². The molecule has 4 aromatic rings. The number of fused-ring (bicyclic) bond motifs is 2. The second kappa shape index (κ2) is 21.0. The molecule has 0 aliphatic carbocycles. The number of unbranched alkanes of at least 4 members (excludes halogenated alkanes) is 1. The molecule has 3 saturated heterocycles. The standard InChI is InChI=1S/C47H68N10O10S/c1-11-35-47(57-21-18-36(48)51-44(57)61)39(56(45(62)67-47)20-15-14-19-55-25-32(52-53-55)41-50-31-16-12-13-17-34(31)68-41)30(6)49-24-26(2)23-46(7,63-10)40(28(4)37(58)29(5)42(60)65-35)66-43-38(59)33(54(8)9)22-27(3)64-43/h12-13,16-18,21,25-30,33,35,38-40,43,49,59H,11,14-15,19-20,22-24H2,1-10H3,(H2,48,51,61)/t26-,27-,28-,29-,30-,33?,35-,38?,39-,40-,43+,46-,47-/m1/s1. The number of likely N-dealkylation sites (N-methyl/N-ethyl adjacent to an activating group) is 1. The number of carbonyl (C=O) groups excluding carboxylic acids is 3. The summed E-state index contributed by atoms with van der Waals surface area (Å²) in [6, 6.07) is 7.46. The number of anilines is 1. The highest BCUT2D eigenvalue weighted by Crippen LogP contribution is 2.43. The second-order valence-corrected chi connectivity index (χ2v) is 20.3. The fourth-order valence-corrected chi connectivity index (χ4v) is 11.2. The monoisotopic (exact) mass is 964 g/mol. The van der Waals surface area contributed by atoms with E-state index in [2.05, 4.69) is 20.6 Å². The van der Waals surface area contributed by atoms with Gasteiger partial charge >= 0.3 is 17.8 Å². The molecule has 7 rings (SSSR count). The Morgan fingerprint density at radius 3 is 2.47 bits per heavy atom. The molecule has 3 aliphatic rings. The number of Topliss-reactive ketones (excluding diaryl/α,β-unsaturated/α-hetero) is 1. The number of nitrogen functional groups attached to an aromatic ring is 1. The van der Waals surface area contributed by atoms with E-state index in [1.54, 1.807) is 41.9 Å². The van der Waals surface area contributed by atoms with Crippen molar-refractivity contribution >= 4 is 45.2 Å². The molecule has 21 heteroatoms. The lowest BCUT2D eigenvalue weighted by Crippen LogP contribution is -2.65. The minimum Gasteiger partial charge on any atom is -0.455 e. The van der Waals surface area contributed by atoms with Gasteiger partial charge in [-0.3, -0.25) is 23.7 Å². The van der Waals surface area contributed by atoms with Crippen LogP contribution in [0.15, 0.2) is 47.5 Å². The number of aliphatic hydroxyl groups is 1. The summed E-state index contributed by atoms with van der Waals surface area (Å²) in [6.45, 7) is 13.6. The summed E-state index contributed by atoms with van der Waals surface area (Å²) in [4.78, 5) is 69.9. The largest absolute Gasteiger partial charge is 0.455 e. The second-order valence-electron chi connectivity index (χ2n) is 19.2. The van der Waals surface area contributed by atoms with Crippen molar-refractivity contribution in [2.24, 2.45) is 17.8 Å². The number of hydrogen-bond donors (Lipinski definition) is 3. The SMILES string of the molecule is CC[C@H]1OC(=O)[C@H](C)C(=O)[C@@H](C)[C@@H](O[C@@H]2O[C@H](C)CC(N(C)C)C2O)[C@](C)(OC)C[C@@H](C)CN[C@H](C)[C@H]2N(CCCCn3cc(-c4nc5ccccc5s4)nn3)C(=O)O[C@]12n1ccc(N)nc1=O. The number of carbonyl (C=O) groups is 3. The van der Waals surface area contributed by atoms with Crippen molar-refractivity contribution in [3.63, 3.8) is 0 Å². The van der Waals surface area contributed by atoms with Gasteiger partial charge in [-0.1, -0.05) is 38.1 Å². The van der Waals surface area contributed by atoms with Gasteiger partial charge in [-0.2, -0.15) is 4.98 Å². The number of amides is 1. The Morgan fingerprint density at radius 1 is 1.04 bits per heavy atom. The summed E-state index contributed by atoms with van der Waals surface area (Å²) in [5.74, 6) is -3.93. The smallest absolute Gasteiger partial charge is 0.412 e. The van der Waals surface area contributed by atoms with Gasteiger partial charge < -0.3 is 44.7 Å². The maximum atomic E-state index is 14.7. The number of hydrogen-bond acceptors (Lipinski definition) is 18. The summed E-state index contributed by atoms with van der Waals surface area (Å²) in [7, 11) is 5.31. The van der Waals surface area contributed by atoms with Gasteiger partial charge in [-0.25, -0.2) is 14.6 Å². The Labute approximate surface area is 400 Å². The van der Waals surface area contributed by atoms with Crippen LogP contribution in [0.5, 0.6) is 0 Å². The number of nitrogens with zero attached hydrogens (tertiary/aromatic N) is 8. The van der Waals surface area contributed by atoms with Gasteiger partial charge in [0.25, 0.3) is 5.72 Å². The lowest BCUT2D eigenvalue weighted by atomic mass is 9.78. The van der Waals surface area contributed by atoms with Gasteiger partial charge in [0, 0.05) is 44.4 Å². The highest BCUT2D eigenvalue weighted by Gasteiger charge is 2.63. The normalized spacial score (nSPS) is 33.3. The number of para-hydroxylation sites is 1. The van der Waals surface area contributed by atoms with E-state index in [0.29, 0.717) is 44.5 Å². The van der Waals surface area contributed by atoms with Gasteiger partial charge in [-0.05, 0) is 105 Å². The molecule has 1 amide bonds. The molecule has 0 spiro atoms.